The van der Waals surface area contributed by atoms with Crippen LogP contribution in [0.15, 0.2) is 47.8 Å². The van der Waals surface area contributed by atoms with Crippen molar-refractivity contribution in [3.05, 3.63) is 69.1 Å². The van der Waals surface area contributed by atoms with E-state index in [2.05, 4.69) is 10.3 Å². The minimum absolute atomic E-state index is 0.000552. The largest absolute Gasteiger partial charge is 0.496 e. The number of aromatic nitrogens is 1. The summed E-state index contributed by atoms with van der Waals surface area (Å²) in [6.45, 7) is 1.94. The maximum absolute atomic E-state index is 12.3. The zero-order valence-corrected chi connectivity index (χ0v) is 15.6. The molecule has 8 heteroatoms. The van der Waals surface area contributed by atoms with Gasteiger partial charge in [-0.25, -0.2) is 4.98 Å². The number of hydrogen-bond acceptors (Lipinski definition) is 6. The van der Waals surface area contributed by atoms with Crippen molar-refractivity contribution < 1.29 is 14.5 Å². The molecule has 0 radical (unpaired) electrons. The Bertz CT molecular complexity index is 1000. The number of carbonyl (C=O) groups excluding carboxylic acids is 1. The highest BCUT2D eigenvalue weighted by Gasteiger charge is 2.12. The van der Waals surface area contributed by atoms with Crippen LogP contribution in [0, 0.1) is 17.0 Å². The molecule has 0 spiro atoms. The molecule has 3 rings (SSSR count). The van der Waals surface area contributed by atoms with Gasteiger partial charge in [0.15, 0.2) is 5.13 Å². The van der Waals surface area contributed by atoms with E-state index < -0.39 is 4.92 Å². The number of amides is 1. The van der Waals surface area contributed by atoms with E-state index in [1.807, 2.05) is 25.1 Å². The number of anilines is 1. The van der Waals surface area contributed by atoms with E-state index in [0.717, 1.165) is 16.9 Å². The maximum atomic E-state index is 12.3. The summed E-state index contributed by atoms with van der Waals surface area (Å²) in [6, 6.07) is 11.9. The molecule has 0 aliphatic carbocycles. The summed E-state index contributed by atoms with van der Waals surface area (Å²) in [5.41, 5.74) is 3.05. The first-order chi connectivity index (χ1) is 13.0. The van der Waals surface area contributed by atoms with E-state index in [9.17, 15) is 14.9 Å². The van der Waals surface area contributed by atoms with E-state index in [4.69, 9.17) is 4.74 Å². The topological polar surface area (TPSA) is 94.4 Å². The Morgan fingerprint density at radius 3 is 2.85 bits per heavy atom. The lowest BCUT2D eigenvalue weighted by Crippen LogP contribution is -2.14. The summed E-state index contributed by atoms with van der Waals surface area (Å²) in [6.07, 6.45) is 0.197. The fraction of sp³-hybridized carbons (Fsp3) is 0.158. The third-order valence-corrected chi connectivity index (χ3v) is 4.70. The lowest BCUT2D eigenvalue weighted by Gasteiger charge is -2.07. The number of hydrogen-bond donors (Lipinski definition) is 1. The van der Waals surface area contributed by atoms with E-state index in [1.165, 1.54) is 23.5 Å². The van der Waals surface area contributed by atoms with Crippen molar-refractivity contribution in [3.8, 4) is 17.0 Å². The van der Waals surface area contributed by atoms with Gasteiger partial charge < -0.3 is 10.1 Å². The Balaban J connectivity index is 1.69. The highest BCUT2D eigenvalue weighted by molar-refractivity contribution is 7.14. The Hall–Kier alpha value is -3.26. The molecule has 27 heavy (non-hydrogen) atoms. The number of nitro groups is 1. The molecule has 1 heterocycles. The number of aryl methyl sites for hydroxylation is 1. The van der Waals surface area contributed by atoms with Crippen molar-refractivity contribution in [2.24, 2.45) is 0 Å². The quantitative estimate of drug-likeness (QED) is 0.508. The third-order valence-electron chi connectivity index (χ3n) is 3.94. The molecule has 0 fully saturated rings. The molecule has 3 aromatic rings. The average Bonchev–Trinajstić information content (AvgIpc) is 3.11. The van der Waals surface area contributed by atoms with Crippen LogP contribution >= 0.6 is 11.3 Å². The monoisotopic (exact) mass is 383 g/mol. The number of thiazole rings is 1. The van der Waals surface area contributed by atoms with Crippen molar-refractivity contribution in [2.75, 3.05) is 12.4 Å². The number of nitro benzene ring substituents is 1. The fourth-order valence-corrected chi connectivity index (χ4v) is 3.30. The van der Waals surface area contributed by atoms with Gasteiger partial charge in [-0.15, -0.1) is 11.3 Å². The van der Waals surface area contributed by atoms with Crippen molar-refractivity contribution in [2.45, 2.75) is 13.3 Å². The number of ether oxygens (including phenoxy) is 1. The number of rotatable bonds is 6. The summed E-state index contributed by atoms with van der Waals surface area (Å²) in [5, 5.41) is 15.9. The third kappa shape index (κ3) is 4.48. The summed E-state index contributed by atoms with van der Waals surface area (Å²) in [5.74, 6) is 0.545. The van der Waals surface area contributed by atoms with Gasteiger partial charge in [0, 0.05) is 23.1 Å². The average molecular weight is 383 g/mol. The van der Waals surface area contributed by atoms with Gasteiger partial charge in [-0.05, 0) is 24.1 Å². The second-order valence-electron chi connectivity index (χ2n) is 5.87. The molecule has 0 saturated carbocycles. The molecule has 0 aliphatic rings. The summed E-state index contributed by atoms with van der Waals surface area (Å²) in [4.78, 5) is 27.1. The summed E-state index contributed by atoms with van der Waals surface area (Å²) in [7, 11) is 1.59. The van der Waals surface area contributed by atoms with E-state index >= 15 is 0 Å². The standard InChI is InChI=1S/C19H17N3O4S/c1-12-6-7-13(8-17(12)26-2)9-18(23)21-19-20-16(11-27-19)14-4-3-5-15(10-14)22(24)25/h3-8,10-11H,9H2,1-2H3,(H,20,21,23). The Kier molecular flexibility index (Phi) is 5.46. The lowest BCUT2D eigenvalue weighted by molar-refractivity contribution is -0.384. The number of methoxy groups -OCH3 is 1. The zero-order chi connectivity index (χ0) is 19.4. The molecule has 1 amide bonds. The van der Waals surface area contributed by atoms with Crippen LogP contribution in [0.4, 0.5) is 10.8 Å². The minimum atomic E-state index is -0.450. The molecule has 1 aromatic heterocycles. The van der Waals surface area contributed by atoms with Crippen LogP contribution in [0.25, 0.3) is 11.3 Å². The number of benzene rings is 2. The smallest absolute Gasteiger partial charge is 0.270 e. The van der Waals surface area contributed by atoms with Crippen molar-refractivity contribution >= 4 is 28.1 Å². The number of non-ortho nitro benzene ring substituents is 1. The maximum Gasteiger partial charge on any atom is 0.270 e. The number of nitrogens with one attached hydrogen (secondary N) is 1. The van der Waals surface area contributed by atoms with Gasteiger partial charge >= 0.3 is 0 Å². The van der Waals surface area contributed by atoms with Gasteiger partial charge in [-0.1, -0.05) is 24.3 Å². The van der Waals surface area contributed by atoms with Gasteiger partial charge in [-0.3, -0.25) is 14.9 Å². The molecule has 0 aliphatic heterocycles. The molecule has 7 nitrogen and oxygen atoms in total. The first-order valence-corrected chi connectivity index (χ1v) is 8.98. The van der Waals surface area contributed by atoms with Crippen LogP contribution in [0.3, 0.4) is 0 Å². The van der Waals surface area contributed by atoms with Crippen molar-refractivity contribution in [3.63, 3.8) is 0 Å². The molecule has 0 saturated heterocycles. The molecule has 138 valence electrons. The molecule has 0 atom stereocenters. The van der Waals surface area contributed by atoms with Gasteiger partial charge in [0.25, 0.3) is 5.69 Å². The van der Waals surface area contributed by atoms with Crippen LogP contribution < -0.4 is 10.1 Å². The van der Waals surface area contributed by atoms with Crippen LogP contribution in [0.5, 0.6) is 5.75 Å². The molecular formula is C19H17N3O4S. The van der Waals surface area contributed by atoms with Crippen molar-refractivity contribution in [1.82, 2.24) is 4.98 Å². The molecular weight excluding hydrogens is 366 g/mol. The fourth-order valence-electron chi connectivity index (χ4n) is 2.57. The Labute approximate surface area is 159 Å². The second kappa shape index (κ2) is 7.96. The van der Waals surface area contributed by atoms with Gasteiger partial charge in [-0.2, -0.15) is 0 Å². The number of nitrogens with zero attached hydrogens (tertiary/aromatic N) is 2. The van der Waals surface area contributed by atoms with E-state index in [0.29, 0.717) is 16.4 Å². The number of carbonyl (C=O) groups is 1. The van der Waals surface area contributed by atoms with E-state index in [1.54, 1.807) is 24.6 Å². The molecule has 0 bridgehead atoms. The predicted molar refractivity (Wildman–Crippen MR) is 104 cm³/mol. The minimum Gasteiger partial charge on any atom is -0.496 e. The van der Waals surface area contributed by atoms with Gasteiger partial charge in [0.2, 0.25) is 5.91 Å². The molecule has 0 unspecified atom stereocenters. The normalized spacial score (nSPS) is 10.4. The summed E-state index contributed by atoms with van der Waals surface area (Å²) < 4.78 is 5.27. The predicted octanol–water partition coefficient (Wildman–Crippen LogP) is 4.22. The zero-order valence-electron chi connectivity index (χ0n) is 14.8. The molecule has 1 N–H and O–H groups in total. The Morgan fingerprint density at radius 2 is 2.11 bits per heavy atom. The van der Waals surface area contributed by atoms with Gasteiger partial charge in [0.05, 0.1) is 24.1 Å². The van der Waals surface area contributed by atoms with Crippen LogP contribution in [-0.2, 0) is 11.2 Å². The van der Waals surface area contributed by atoms with Crippen LogP contribution in [0.2, 0.25) is 0 Å². The highest BCUT2D eigenvalue weighted by Crippen LogP contribution is 2.27. The first kappa shape index (κ1) is 18.5. The van der Waals surface area contributed by atoms with Gasteiger partial charge in [0.1, 0.15) is 5.75 Å². The SMILES string of the molecule is COc1cc(CC(=O)Nc2nc(-c3cccc([N+](=O)[O-])c3)cs2)ccc1C. The Morgan fingerprint density at radius 1 is 1.30 bits per heavy atom. The second-order valence-corrected chi connectivity index (χ2v) is 6.73. The van der Waals surface area contributed by atoms with Crippen LogP contribution in [0.1, 0.15) is 11.1 Å². The summed E-state index contributed by atoms with van der Waals surface area (Å²) >= 11 is 1.27. The first-order valence-electron chi connectivity index (χ1n) is 8.10. The lowest BCUT2D eigenvalue weighted by atomic mass is 10.1. The van der Waals surface area contributed by atoms with E-state index in [-0.39, 0.29) is 18.0 Å². The highest BCUT2D eigenvalue weighted by atomic mass is 32.1. The van der Waals surface area contributed by atoms with Crippen LogP contribution in [-0.4, -0.2) is 22.9 Å². The molecule has 2 aromatic carbocycles. The van der Waals surface area contributed by atoms with Crippen molar-refractivity contribution in [1.29, 1.82) is 0 Å².